The molecule has 0 unspecified atom stereocenters. The van der Waals surface area contributed by atoms with E-state index in [1.54, 1.807) is 30.3 Å². The van der Waals surface area contributed by atoms with Crippen LogP contribution in [-0.2, 0) is 15.8 Å². The average molecular weight is 402 g/mol. The first kappa shape index (κ1) is 17.8. The van der Waals surface area contributed by atoms with Gasteiger partial charge in [0.05, 0.1) is 6.42 Å². The molecule has 4 nitrogen and oxygen atoms in total. The third-order valence-electron chi connectivity index (χ3n) is 4.54. The Morgan fingerprint density at radius 1 is 1.16 bits per heavy atom. The van der Waals surface area contributed by atoms with E-state index < -0.39 is 11.5 Å². The normalized spacial score (nSPS) is 19.5. The molecule has 2 aromatic rings. The number of hydrogen-bond donors (Lipinski definition) is 2. The van der Waals surface area contributed by atoms with Crippen LogP contribution in [-0.4, -0.2) is 16.8 Å². The number of benzene rings is 2. The fourth-order valence-corrected chi connectivity index (χ4v) is 3.34. The molecule has 0 radical (unpaired) electrons. The minimum absolute atomic E-state index is 0.00364. The van der Waals surface area contributed by atoms with Crippen molar-refractivity contribution in [2.75, 3.05) is 5.32 Å². The van der Waals surface area contributed by atoms with Crippen LogP contribution < -0.4 is 5.32 Å². The summed E-state index contributed by atoms with van der Waals surface area (Å²) in [4.78, 5) is 24.9. The van der Waals surface area contributed by atoms with E-state index in [1.807, 2.05) is 12.1 Å². The molecule has 0 aliphatic carbocycles. The summed E-state index contributed by atoms with van der Waals surface area (Å²) in [7, 11) is 0. The first-order chi connectivity index (χ1) is 11.6. The van der Waals surface area contributed by atoms with E-state index in [4.69, 9.17) is 0 Å². The monoisotopic (exact) mass is 401 g/mol. The van der Waals surface area contributed by atoms with Gasteiger partial charge in [-0.05, 0) is 29.2 Å². The fourth-order valence-electron chi connectivity index (χ4n) is 2.98. The minimum Gasteiger partial charge on any atom is -0.375 e. The Balaban J connectivity index is 1.88. The third kappa shape index (κ3) is 3.26. The Labute approximate surface area is 155 Å². The Hall–Kier alpha value is -1.98. The molecule has 0 aromatic heterocycles. The molecular weight excluding hydrogens is 382 g/mol. The number of amides is 1. The smallest absolute Gasteiger partial charge is 0.261 e. The van der Waals surface area contributed by atoms with Gasteiger partial charge < -0.3 is 10.4 Å². The van der Waals surface area contributed by atoms with Crippen molar-refractivity contribution in [3.05, 3.63) is 63.6 Å². The van der Waals surface area contributed by atoms with Gasteiger partial charge in [0, 0.05) is 21.3 Å². The van der Waals surface area contributed by atoms with Crippen LogP contribution in [0.15, 0.2) is 46.9 Å². The van der Waals surface area contributed by atoms with Gasteiger partial charge in [0.25, 0.3) is 5.91 Å². The summed E-state index contributed by atoms with van der Waals surface area (Å²) in [6.07, 6.45) is -0.294. The summed E-state index contributed by atoms with van der Waals surface area (Å²) >= 11 is 3.34. The van der Waals surface area contributed by atoms with E-state index >= 15 is 0 Å². The van der Waals surface area contributed by atoms with E-state index in [0.29, 0.717) is 16.8 Å². The van der Waals surface area contributed by atoms with Gasteiger partial charge in [0.1, 0.15) is 0 Å². The molecule has 0 bridgehead atoms. The largest absolute Gasteiger partial charge is 0.375 e. The molecule has 25 heavy (non-hydrogen) atoms. The minimum atomic E-state index is -1.85. The maximum Gasteiger partial charge on any atom is 0.261 e. The highest BCUT2D eigenvalue weighted by atomic mass is 79.9. The number of Topliss-reactive ketones (excluding diaryl/α,β-unsaturated/α-hetero) is 1. The van der Waals surface area contributed by atoms with Crippen LogP contribution in [0.5, 0.6) is 0 Å². The molecule has 0 saturated carbocycles. The van der Waals surface area contributed by atoms with Crippen LogP contribution in [0.3, 0.4) is 0 Å². The lowest BCUT2D eigenvalue weighted by Gasteiger charge is -2.21. The number of aliphatic hydroxyl groups is 1. The number of rotatable bonds is 3. The number of carbonyl (C=O) groups is 2. The second kappa shape index (κ2) is 6.07. The fraction of sp³-hybridized carbons (Fsp3) is 0.300. The highest BCUT2D eigenvalue weighted by Gasteiger charge is 2.46. The van der Waals surface area contributed by atoms with Crippen molar-refractivity contribution in [1.29, 1.82) is 0 Å². The SMILES string of the molecule is CC(C)(C)c1ccc(C(=O)C[C@]2(O)C(=O)Nc3ccc(Br)cc32)cc1. The van der Waals surface area contributed by atoms with Gasteiger partial charge >= 0.3 is 0 Å². The highest BCUT2D eigenvalue weighted by molar-refractivity contribution is 9.10. The third-order valence-corrected chi connectivity index (χ3v) is 5.03. The quantitative estimate of drug-likeness (QED) is 0.758. The molecule has 130 valence electrons. The molecule has 2 N–H and O–H groups in total. The van der Waals surface area contributed by atoms with Crippen LogP contribution in [0.25, 0.3) is 0 Å². The first-order valence-corrected chi connectivity index (χ1v) is 8.88. The van der Waals surface area contributed by atoms with Gasteiger partial charge in [0.2, 0.25) is 0 Å². The predicted octanol–water partition coefficient (Wildman–Crippen LogP) is 4.16. The highest BCUT2D eigenvalue weighted by Crippen LogP contribution is 2.40. The Morgan fingerprint density at radius 3 is 2.40 bits per heavy atom. The number of hydrogen-bond acceptors (Lipinski definition) is 3. The topological polar surface area (TPSA) is 66.4 Å². The van der Waals surface area contributed by atoms with E-state index in [9.17, 15) is 14.7 Å². The van der Waals surface area contributed by atoms with Crippen molar-refractivity contribution in [1.82, 2.24) is 0 Å². The van der Waals surface area contributed by atoms with Gasteiger partial charge in [0.15, 0.2) is 11.4 Å². The number of anilines is 1. The summed E-state index contributed by atoms with van der Waals surface area (Å²) in [6.45, 7) is 6.30. The zero-order valence-corrected chi connectivity index (χ0v) is 16.0. The lowest BCUT2D eigenvalue weighted by molar-refractivity contribution is -0.133. The molecule has 2 aromatic carbocycles. The molecule has 0 saturated heterocycles. The van der Waals surface area contributed by atoms with Gasteiger partial charge in [-0.1, -0.05) is 61.0 Å². The van der Waals surface area contributed by atoms with Crippen molar-refractivity contribution in [3.8, 4) is 0 Å². The van der Waals surface area contributed by atoms with Gasteiger partial charge in [-0.15, -0.1) is 0 Å². The molecule has 1 aliphatic rings. The van der Waals surface area contributed by atoms with Gasteiger partial charge in [-0.2, -0.15) is 0 Å². The van der Waals surface area contributed by atoms with Crippen molar-refractivity contribution >= 4 is 33.3 Å². The van der Waals surface area contributed by atoms with E-state index in [-0.39, 0.29) is 17.6 Å². The van der Waals surface area contributed by atoms with Crippen molar-refractivity contribution in [2.45, 2.75) is 38.2 Å². The zero-order chi connectivity index (χ0) is 18.4. The van der Waals surface area contributed by atoms with E-state index in [1.165, 1.54) is 0 Å². The van der Waals surface area contributed by atoms with Crippen LogP contribution in [0.4, 0.5) is 5.69 Å². The number of halogens is 1. The summed E-state index contributed by atoms with van der Waals surface area (Å²) < 4.78 is 0.739. The molecule has 1 amide bonds. The lowest BCUT2D eigenvalue weighted by atomic mass is 9.85. The van der Waals surface area contributed by atoms with Gasteiger partial charge in [-0.3, -0.25) is 9.59 Å². The Bertz CT molecular complexity index is 852. The molecule has 0 fully saturated rings. The second-order valence-electron chi connectivity index (χ2n) is 7.43. The number of carbonyl (C=O) groups excluding carboxylic acids is 2. The molecule has 0 spiro atoms. The number of ketones is 1. The number of nitrogens with one attached hydrogen (secondary N) is 1. The van der Waals surface area contributed by atoms with Crippen LogP contribution in [0, 0.1) is 0 Å². The summed E-state index contributed by atoms with van der Waals surface area (Å²) in [5.41, 5.74) is 0.710. The standard InChI is InChI=1S/C20H20BrNO3/c1-19(2,3)13-6-4-12(5-7-13)17(23)11-20(25)15-10-14(21)8-9-16(15)22-18(20)24/h4-10,25H,11H2,1-3H3,(H,22,24)/t20-/m1/s1. The Morgan fingerprint density at radius 2 is 1.80 bits per heavy atom. The summed E-state index contributed by atoms with van der Waals surface area (Å²) in [5.74, 6) is -0.841. The maximum absolute atomic E-state index is 12.7. The number of fused-ring (bicyclic) bond motifs is 1. The lowest BCUT2D eigenvalue weighted by Crippen LogP contribution is -2.36. The molecule has 1 heterocycles. The maximum atomic E-state index is 12.7. The van der Waals surface area contributed by atoms with E-state index in [2.05, 4.69) is 42.0 Å². The molecule has 1 aliphatic heterocycles. The second-order valence-corrected chi connectivity index (χ2v) is 8.35. The molecule has 1 atom stereocenters. The summed E-state index contributed by atoms with van der Waals surface area (Å²) in [6, 6.07) is 12.5. The van der Waals surface area contributed by atoms with Crippen molar-refractivity contribution in [2.24, 2.45) is 0 Å². The van der Waals surface area contributed by atoms with Crippen molar-refractivity contribution < 1.29 is 14.7 Å². The molecular formula is C20H20BrNO3. The average Bonchev–Trinajstić information content (AvgIpc) is 2.78. The predicted molar refractivity (Wildman–Crippen MR) is 101 cm³/mol. The van der Waals surface area contributed by atoms with E-state index in [0.717, 1.165) is 10.0 Å². The van der Waals surface area contributed by atoms with Crippen molar-refractivity contribution in [3.63, 3.8) is 0 Å². The summed E-state index contributed by atoms with van der Waals surface area (Å²) in [5, 5.41) is 13.5. The molecule has 3 rings (SSSR count). The molecule has 5 heteroatoms. The van der Waals surface area contributed by atoms with Crippen LogP contribution >= 0.6 is 15.9 Å². The first-order valence-electron chi connectivity index (χ1n) is 8.09. The van der Waals surface area contributed by atoms with Crippen LogP contribution in [0.2, 0.25) is 0 Å². The van der Waals surface area contributed by atoms with Gasteiger partial charge in [-0.25, -0.2) is 0 Å². The Kier molecular flexibility index (Phi) is 4.33. The zero-order valence-electron chi connectivity index (χ0n) is 14.4. The van der Waals surface area contributed by atoms with Crippen LogP contribution in [0.1, 0.15) is 48.7 Å².